The normalized spacial score (nSPS) is 25.3. The van der Waals surface area contributed by atoms with Crippen molar-refractivity contribution < 1.29 is 14.3 Å². The minimum Gasteiger partial charge on any atom is -0.508 e. The lowest BCUT2D eigenvalue weighted by molar-refractivity contribution is 0.0940. The maximum Gasteiger partial charge on any atom is 0.216 e. The van der Waals surface area contributed by atoms with Gasteiger partial charge in [0.25, 0.3) is 0 Å². The lowest BCUT2D eigenvalue weighted by Gasteiger charge is -2.18. The summed E-state index contributed by atoms with van der Waals surface area (Å²) in [4.78, 5) is 18.4. The predicted octanol–water partition coefficient (Wildman–Crippen LogP) is 3.31. The van der Waals surface area contributed by atoms with Crippen LogP contribution < -0.4 is 0 Å². The number of likely N-dealkylation sites (tertiary alicyclic amines) is 1. The molecule has 5 heteroatoms. The van der Waals surface area contributed by atoms with E-state index in [9.17, 15) is 14.3 Å². The van der Waals surface area contributed by atoms with Crippen LogP contribution in [-0.2, 0) is 6.42 Å². The van der Waals surface area contributed by atoms with E-state index in [1.807, 2.05) is 6.07 Å². The molecule has 2 aromatic rings. The van der Waals surface area contributed by atoms with E-state index in [0.717, 1.165) is 37.9 Å². The Labute approximate surface area is 152 Å². The summed E-state index contributed by atoms with van der Waals surface area (Å²) < 4.78 is 13.8. The van der Waals surface area contributed by atoms with Crippen LogP contribution in [0.3, 0.4) is 0 Å². The van der Waals surface area contributed by atoms with Gasteiger partial charge in [-0.25, -0.2) is 4.98 Å². The summed E-state index contributed by atoms with van der Waals surface area (Å²) in [5, 5.41) is 9.33. The topological polar surface area (TPSA) is 53.4 Å². The molecule has 26 heavy (non-hydrogen) atoms. The average molecular weight is 354 g/mol. The second kappa shape index (κ2) is 7.16. The number of hydrogen-bond donors (Lipinski definition) is 1. The quantitative estimate of drug-likeness (QED) is 0.661. The van der Waals surface area contributed by atoms with E-state index in [1.165, 1.54) is 6.20 Å². The number of carbonyl (C=O) groups is 1. The van der Waals surface area contributed by atoms with Gasteiger partial charge in [-0.15, -0.1) is 0 Å². The Kier molecular flexibility index (Phi) is 4.72. The van der Waals surface area contributed by atoms with Gasteiger partial charge in [0.2, 0.25) is 5.95 Å². The number of halogens is 1. The molecule has 1 saturated heterocycles. The van der Waals surface area contributed by atoms with E-state index in [-0.39, 0.29) is 17.5 Å². The Balaban J connectivity index is 1.30. The smallest absolute Gasteiger partial charge is 0.216 e. The zero-order chi connectivity index (χ0) is 18.1. The molecule has 0 amide bonds. The van der Waals surface area contributed by atoms with Gasteiger partial charge in [-0.3, -0.25) is 9.69 Å². The first kappa shape index (κ1) is 17.2. The number of rotatable bonds is 5. The van der Waals surface area contributed by atoms with Gasteiger partial charge in [-0.1, -0.05) is 6.07 Å². The molecule has 0 unspecified atom stereocenters. The highest BCUT2D eigenvalue weighted by Crippen LogP contribution is 2.42. The van der Waals surface area contributed by atoms with Crippen LogP contribution in [0.2, 0.25) is 0 Å². The van der Waals surface area contributed by atoms with Crippen molar-refractivity contribution in [2.24, 2.45) is 17.8 Å². The van der Waals surface area contributed by atoms with Crippen molar-refractivity contribution in [2.45, 2.75) is 19.3 Å². The zero-order valence-electron chi connectivity index (χ0n) is 14.6. The Bertz CT molecular complexity index is 779. The van der Waals surface area contributed by atoms with Gasteiger partial charge in [0.05, 0.1) is 6.54 Å². The Morgan fingerprint density at radius 3 is 2.50 bits per heavy atom. The van der Waals surface area contributed by atoms with Crippen LogP contribution in [-0.4, -0.2) is 40.4 Å². The lowest BCUT2D eigenvalue weighted by atomic mass is 9.97. The minimum absolute atomic E-state index is 0.0963. The van der Waals surface area contributed by atoms with Crippen molar-refractivity contribution in [3.63, 3.8) is 0 Å². The first-order chi connectivity index (χ1) is 12.6. The third-order valence-electron chi connectivity index (χ3n) is 5.83. The van der Waals surface area contributed by atoms with Crippen LogP contribution in [0.25, 0.3) is 0 Å². The monoisotopic (exact) mass is 354 g/mol. The molecular formula is C21H23FN2O2. The van der Waals surface area contributed by atoms with Crippen LogP contribution in [0.1, 0.15) is 28.8 Å². The lowest BCUT2D eigenvalue weighted by Crippen LogP contribution is -2.29. The van der Waals surface area contributed by atoms with E-state index in [1.54, 1.807) is 30.3 Å². The molecule has 1 aromatic carbocycles. The molecule has 0 spiro atoms. The van der Waals surface area contributed by atoms with Crippen molar-refractivity contribution >= 4 is 5.78 Å². The molecule has 3 atom stereocenters. The highest BCUT2D eigenvalue weighted by molar-refractivity contribution is 5.97. The Hall–Kier alpha value is -2.27. The van der Waals surface area contributed by atoms with E-state index in [0.29, 0.717) is 29.9 Å². The van der Waals surface area contributed by atoms with E-state index < -0.39 is 0 Å². The van der Waals surface area contributed by atoms with Crippen LogP contribution in [0.4, 0.5) is 4.39 Å². The van der Waals surface area contributed by atoms with Gasteiger partial charge < -0.3 is 5.11 Å². The molecular weight excluding hydrogens is 331 g/mol. The third kappa shape index (κ3) is 3.63. The molecule has 2 fully saturated rings. The molecule has 1 saturated carbocycles. The summed E-state index contributed by atoms with van der Waals surface area (Å²) in [6.07, 6.45) is 4.45. The molecule has 2 heterocycles. The summed E-state index contributed by atoms with van der Waals surface area (Å²) >= 11 is 0. The maximum atomic E-state index is 13.8. The molecule has 1 aliphatic carbocycles. The number of benzene rings is 1. The van der Waals surface area contributed by atoms with Gasteiger partial charge in [-0.05, 0) is 67.3 Å². The van der Waals surface area contributed by atoms with E-state index >= 15 is 0 Å². The van der Waals surface area contributed by atoms with Crippen LogP contribution in [0, 0.1) is 23.7 Å². The van der Waals surface area contributed by atoms with Gasteiger partial charge >= 0.3 is 0 Å². The summed E-state index contributed by atoms with van der Waals surface area (Å²) in [5.74, 6) is 1.65. The summed E-state index contributed by atoms with van der Waals surface area (Å²) in [5.41, 5.74) is 1.36. The fraction of sp³-hybridized carbons (Fsp3) is 0.429. The molecule has 0 bridgehead atoms. The highest BCUT2D eigenvalue weighted by Gasteiger charge is 2.41. The standard InChI is InChI=1S/C21H23FN2O2/c22-21-16(2-1-7-23-21)8-14-9-17-11-24(12-18(17)10-14)13-20(26)15-3-5-19(25)6-4-15/h1-7,14,17-18,25H,8-13H2/t14-,17+,18-. The van der Waals surface area contributed by atoms with Crippen molar-refractivity contribution in [3.05, 3.63) is 59.7 Å². The van der Waals surface area contributed by atoms with Crippen molar-refractivity contribution in [1.29, 1.82) is 0 Å². The molecule has 4 rings (SSSR count). The zero-order valence-corrected chi connectivity index (χ0v) is 14.6. The Morgan fingerprint density at radius 2 is 1.85 bits per heavy atom. The van der Waals surface area contributed by atoms with Gasteiger partial charge in [0.1, 0.15) is 5.75 Å². The van der Waals surface area contributed by atoms with E-state index in [4.69, 9.17) is 0 Å². The number of hydrogen-bond acceptors (Lipinski definition) is 4. The highest BCUT2D eigenvalue weighted by atomic mass is 19.1. The average Bonchev–Trinajstić information content (AvgIpc) is 3.15. The summed E-state index contributed by atoms with van der Waals surface area (Å²) in [6.45, 7) is 2.32. The number of carbonyl (C=O) groups excluding carboxylic acids is 1. The number of fused-ring (bicyclic) bond motifs is 1. The van der Waals surface area contributed by atoms with Gasteiger partial charge in [0, 0.05) is 30.4 Å². The maximum absolute atomic E-state index is 13.8. The number of phenolic OH excluding ortho intramolecular Hbond substituents is 1. The SMILES string of the molecule is O=C(CN1C[C@H]2C[C@H](Cc3cccnc3F)C[C@H]2C1)c1ccc(O)cc1. The molecule has 2 aliphatic rings. The van der Waals surface area contributed by atoms with Crippen LogP contribution in [0.15, 0.2) is 42.6 Å². The number of nitrogens with zero attached hydrogens (tertiary/aromatic N) is 2. The van der Waals surface area contributed by atoms with Crippen molar-refractivity contribution in [3.8, 4) is 5.75 Å². The molecule has 1 aliphatic heterocycles. The Morgan fingerprint density at radius 1 is 1.15 bits per heavy atom. The number of ketones is 1. The van der Waals surface area contributed by atoms with Crippen molar-refractivity contribution in [1.82, 2.24) is 9.88 Å². The molecule has 136 valence electrons. The number of aromatic hydroxyl groups is 1. The number of phenols is 1. The third-order valence-corrected chi connectivity index (χ3v) is 5.83. The van der Waals surface area contributed by atoms with Crippen LogP contribution >= 0.6 is 0 Å². The second-order valence-corrected chi connectivity index (χ2v) is 7.68. The predicted molar refractivity (Wildman–Crippen MR) is 96.5 cm³/mol. The molecule has 1 N–H and O–H groups in total. The first-order valence-electron chi connectivity index (χ1n) is 9.22. The first-order valence-corrected chi connectivity index (χ1v) is 9.22. The fourth-order valence-electron chi connectivity index (χ4n) is 4.64. The fourth-order valence-corrected chi connectivity index (χ4v) is 4.64. The molecule has 4 nitrogen and oxygen atoms in total. The summed E-state index contributed by atoms with van der Waals surface area (Å²) in [6, 6.07) is 10.1. The van der Waals surface area contributed by atoms with E-state index in [2.05, 4.69) is 9.88 Å². The largest absolute Gasteiger partial charge is 0.508 e. The van der Waals surface area contributed by atoms with Gasteiger partial charge in [-0.2, -0.15) is 4.39 Å². The molecule has 1 aromatic heterocycles. The van der Waals surface area contributed by atoms with Crippen LogP contribution in [0.5, 0.6) is 5.75 Å². The number of aromatic nitrogens is 1. The minimum atomic E-state index is -0.342. The number of Topliss-reactive ketones (excluding diaryl/α,β-unsaturated/α-hetero) is 1. The van der Waals surface area contributed by atoms with Crippen molar-refractivity contribution in [2.75, 3.05) is 19.6 Å². The number of pyridine rings is 1. The molecule has 0 radical (unpaired) electrons. The summed E-state index contributed by atoms with van der Waals surface area (Å²) in [7, 11) is 0. The van der Waals surface area contributed by atoms with Gasteiger partial charge in [0.15, 0.2) is 5.78 Å². The second-order valence-electron chi connectivity index (χ2n) is 7.68.